The van der Waals surface area contributed by atoms with Crippen molar-refractivity contribution in [1.29, 1.82) is 0 Å². The summed E-state index contributed by atoms with van der Waals surface area (Å²) in [6, 6.07) is 6.57. The molecule has 0 spiro atoms. The van der Waals surface area contributed by atoms with Gasteiger partial charge in [-0.3, -0.25) is 20.6 Å². The molecule has 4 rings (SSSR count). The van der Waals surface area contributed by atoms with Gasteiger partial charge in [-0.15, -0.1) is 6.42 Å². The molecule has 0 radical (unpaired) electrons. The van der Waals surface area contributed by atoms with Gasteiger partial charge in [-0.25, -0.2) is 0 Å². The fourth-order valence-electron chi connectivity index (χ4n) is 4.11. The maximum absolute atomic E-state index is 10.7. The molecule has 3 heterocycles. The highest BCUT2D eigenvalue weighted by molar-refractivity contribution is 6.30. The molecule has 3 aliphatic rings. The number of hydrogen-bond donors (Lipinski definition) is 5. The topological polar surface area (TPSA) is 119 Å². The molecule has 9 nitrogen and oxygen atoms in total. The molecular formula is C20H23ClN4O5. The summed E-state index contributed by atoms with van der Waals surface area (Å²) >= 11 is 5.90. The molecule has 0 amide bonds. The average Bonchev–Trinajstić information content (AvgIpc) is 3.27. The van der Waals surface area contributed by atoms with Gasteiger partial charge in [0.1, 0.15) is 30.3 Å². The third-order valence-electron chi connectivity index (χ3n) is 5.57. The Bertz CT molecular complexity index is 886. The predicted octanol–water partition coefficient (Wildman–Crippen LogP) is -0.295. The van der Waals surface area contributed by atoms with Gasteiger partial charge >= 0.3 is 0 Å². The molecule has 1 fully saturated rings. The van der Waals surface area contributed by atoms with Crippen molar-refractivity contribution in [3.8, 4) is 12.3 Å². The van der Waals surface area contributed by atoms with Crippen molar-refractivity contribution in [2.24, 2.45) is 10.9 Å². The Morgan fingerprint density at radius 2 is 2.10 bits per heavy atom. The molecule has 2 unspecified atom stereocenters. The highest BCUT2D eigenvalue weighted by Crippen LogP contribution is 2.38. The largest absolute Gasteiger partial charge is 0.387 e. The number of halogens is 1. The van der Waals surface area contributed by atoms with Crippen LogP contribution in [0.4, 0.5) is 0 Å². The van der Waals surface area contributed by atoms with Crippen LogP contribution in [-0.4, -0.2) is 70.5 Å². The summed E-state index contributed by atoms with van der Waals surface area (Å²) in [6.45, 7) is 0.303. The molecule has 0 aliphatic carbocycles. The zero-order chi connectivity index (χ0) is 21.4. The highest BCUT2D eigenvalue weighted by atomic mass is 35.5. The van der Waals surface area contributed by atoms with Crippen molar-refractivity contribution in [1.82, 2.24) is 15.7 Å². The highest BCUT2D eigenvalue weighted by Gasteiger charge is 2.52. The van der Waals surface area contributed by atoms with Gasteiger partial charge in [-0.2, -0.15) is 0 Å². The number of aliphatic hydroxyl groups is 3. The molecule has 0 aromatic heterocycles. The van der Waals surface area contributed by atoms with Gasteiger partial charge in [0.05, 0.1) is 25.9 Å². The average molecular weight is 435 g/mol. The van der Waals surface area contributed by atoms with E-state index in [1.165, 1.54) is 7.11 Å². The molecule has 0 saturated carbocycles. The molecule has 7 atom stereocenters. The number of aliphatic imine (C=N–C) groups is 1. The smallest absolute Gasteiger partial charge is 0.160 e. The van der Waals surface area contributed by atoms with E-state index in [2.05, 4.69) is 21.7 Å². The predicted molar refractivity (Wildman–Crippen MR) is 109 cm³/mol. The van der Waals surface area contributed by atoms with Crippen LogP contribution in [0.2, 0.25) is 5.02 Å². The molecule has 160 valence electrons. The van der Waals surface area contributed by atoms with Crippen LogP contribution in [0.3, 0.4) is 0 Å². The van der Waals surface area contributed by atoms with Gasteiger partial charge in [-0.1, -0.05) is 29.7 Å². The Kier molecular flexibility index (Phi) is 5.99. The normalized spacial score (nSPS) is 34.1. The Morgan fingerprint density at radius 1 is 1.37 bits per heavy atom. The SMILES string of the molecule is C#CC1=CN([C@@H]2O[C@H]([C@H](O)c3ccc(Cl)cc3)[C@@H](O)[C@H]2O)C2NCN=C(NOC)C12. The second-order valence-corrected chi connectivity index (χ2v) is 7.72. The Labute approximate surface area is 178 Å². The van der Waals surface area contributed by atoms with Crippen molar-refractivity contribution in [3.63, 3.8) is 0 Å². The molecule has 30 heavy (non-hydrogen) atoms. The summed E-state index contributed by atoms with van der Waals surface area (Å²) in [5.74, 6) is 2.86. The molecule has 1 aromatic rings. The third kappa shape index (κ3) is 3.57. The van der Waals surface area contributed by atoms with Crippen molar-refractivity contribution >= 4 is 17.4 Å². The van der Waals surface area contributed by atoms with Crippen molar-refractivity contribution < 1.29 is 24.9 Å². The summed E-state index contributed by atoms with van der Waals surface area (Å²) in [7, 11) is 1.48. The van der Waals surface area contributed by atoms with Crippen molar-refractivity contribution in [2.75, 3.05) is 13.8 Å². The number of amidine groups is 1. The first-order chi connectivity index (χ1) is 14.5. The number of aliphatic hydroxyl groups excluding tert-OH is 3. The number of benzene rings is 1. The lowest BCUT2D eigenvalue weighted by atomic mass is 9.97. The van der Waals surface area contributed by atoms with Gasteiger partial charge < -0.3 is 25.0 Å². The first-order valence-electron chi connectivity index (χ1n) is 9.44. The van der Waals surface area contributed by atoms with Gasteiger partial charge in [0, 0.05) is 16.8 Å². The lowest BCUT2D eigenvalue weighted by Crippen LogP contribution is -2.57. The Balaban J connectivity index is 1.57. The molecule has 5 N–H and O–H groups in total. The standard InChI is InChI=1S/C20H23ClN4O5/c1-3-10-8-25(19-13(10)18(24-29-2)22-9-23-19)20-16(28)15(27)17(30-20)14(26)11-4-6-12(21)7-5-11/h1,4-8,13-17,19-20,23,26-28H,9H2,2H3,(H,22,24)/t13?,14-,15+,16-,17-,19?,20-/m1/s1. The fraction of sp³-hybridized carbons (Fsp3) is 0.450. The number of nitrogens with one attached hydrogen (secondary N) is 2. The van der Waals surface area contributed by atoms with E-state index < -0.39 is 30.6 Å². The minimum atomic E-state index is -1.31. The van der Waals surface area contributed by atoms with Crippen LogP contribution >= 0.6 is 11.6 Å². The van der Waals surface area contributed by atoms with Gasteiger partial charge in [0.2, 0.25) is 0 Å². The minimum Gasteiger partial charge on any atom is -0.387 e. The van der Waals surface area contributed by atoms with Crippen molar-refractivity contribution in [3.05, 3.63) is 46.6 Å². The summed E-state index contributed by atoms with van der Waals surface area (Å²) in [5, 5.41) is 35.8. The maximum Gasteiger partial charge on any atom is 0.160 e. The summed E-state index contributed by atoms with van der Waals surface area (Å²) in [6.07, 6.45) is 1.30. The third-order valence-corrected chi connectivity index (χ3v) is 5.82. The van der Waals surface area contributed by atoms with Crippen LogP contribution in [-0.2, 0) is 9.57 Å². The minimum absolute atomic E-state index is 0.303. The van der Waals surface area contributed by atoms with E-state index in [0.29, 0.717) is 28.7 Å². The van der Waals surface area contributed by atoms with E-state index in [1.807, 2.05) is 0 Å². The quantitative estimate of drug-likeness (QED) is 0.324. The number of fused-ring (bicyclic) bond motifs is 1. The first-order valence-corrected chi connectivity index (χ1v) is 9.81. The van der Waals surface area contributed by atoms with E-state index >= 15 is 0 Å². The lowest BCUT2D eigenvalue weighted by Gasteiger charge is -2.37. The first kappa shape index (κ1) is 21.1. The zero-order valence-electron chi connectivity index (χ0n) is 16.1. The van der Waals surface area contributed by atoms with Gasteiger partial charge in [0.15, 0.2) is 6.23 Å². The molecule has 10 heteroatoms. The summed E-state index contributed by atoms with van der Waals surface area (Å²) in [4.78, 5) is 11.1. The Morgan fingerprint density at radius 3 is 2.77 bits per heavy atom. The monoisotopic (exact) mass is 434 g/mol. The van der Waals surface area contributed by atoms with Crippen LogP contribution in [0, 0.1) is 18.3 Å². The number of ether oxygens (including phenoxy) is 1. The number of hydrogen-bond acceptors (Lipinski definition) is 9. The van der Waals surface area contributed by atoms with E-state index in [9.17, 15) is 15.3 Å². The van der Waals surface area contributed by atoms with Gasteiger partial charge in [-0.05, 0) is 17.7 Å². The second kappa shape index (κ2) is 8.53. The molecule has 0 bridgehead atoms. The summed E-state index contributed by atoms with van der Waals surface area (Å²) < 4.78 is 5.95. The van der Waals surface area contributed by atoms with Crippen LogP contribution in [0.15, 0.2) is 41.0 Å². The van der Waals surface area contributed by atoms with E-state index in [-0.39, 0.29) is 12.1 Å². The Hall–Kier alpha value is -2.16. The molecular weight excluding hydrogens is 412 g/mol. The summed E-state index contributed by atoms with van der Waals surface area (Å²) in [5.41, 5.74) is 3.88. The molecule has 1 aromatic carbocycles. The van der Waals surface area contributed by atoms with Crippen LogP contribution in [0.5, 0.6) is 0 Å². The molecule has 3 aliphatic heterocycles. The number of hydroxylamine groups is 1. The van der Waals surface area contributed by atoms with E-state index in [1.54, 1.807) is 35.4 Å². The van der Waals surface area contributed by atoms with Crippen LogP contribution in [0.25, 0.3) is 0 Å². The van der Waals surface area contributed by atoms with Crippen LogP contribution in [0.1, 0.15) is 11.7 Å². The lowest BCUT2D eigenvalue weighted by molar-refractivity contribution is -0.114. The number of rotatable bonds is 4. The van der Waals surface area contributed by atoms with Gasteiger partial charge in [0.25, 0.3) is 0 Å². The second-order valence-electron chi connectivity index (χ2n) is 7.28. The number of terminal acetylenes is 1. The molecule has 1 saturated heterocycles. The number of nitrogens with zero attached hydrogens (tertiary/aromatic N) is 2. The zero-order valence-corrected chi connectivity index (χ0v) is 16.9. The van der Waals surface area contributed by atoms with Crippen LogP contribution < -0.4 is 10.8 Å². The van der Waals surface area contributed by atoms with E-state index in [4.69, 9.17) is 27.6 Å². The fourth-order valence-corrected chi connectivity index (χ4v) is 4.23. The van der Waals surface area contributed by atoms with Crippen molar-refractivity contribution in [2.45, 2.75) is 36.8 Å². The maximum atomic E-state index is 10.7. The van der Waals surface area contributed by atoms with E-state index in [0.717, 1.165) is 0 Å².